The van der Waals surface area contributed by atoms with Crippen molar-refractivity contribution >= 4 is 92.7 Å². The van der Waals surface area contributed by atoms with E-state index in [1.165, 1.54) is 131 Å². The molecule has 0 atom stereocenters. The summed E-state index contributed by atoms with van der Waals surface area (Å²) in [5, 5.41) is 14.5. The summed E-state index contributed by atoms with van der Waals surface area (Å²) in [5.41, 5.74) is 30.6. The van der Waals surface area contributed by atoms with Crippen LogP contribution in [0, 0.1) is 0 Å². The van der Waals surface area contributed by atoms with Gasteiger partial charge in [-0.05, 0) is 256 Å². The lowest BCUT2D eigenvalue weighted by Gasteiger charge is -2.28. The molecule has 0 spiro atoms. The van der Waals surface area contributed by atoms with Gasteiger partial charge in [-0.15, -0.1) is 0 Å². The summed E-state index contributed by atoms with van der Waals surface area (Å²) in [6.45, 7) is 4.73. The van der Waals surface area contributed by atoms with Gasteiger partial charge in [0, 0.05) is 38.9 Å². The van der Waals surface area contributed by atoms with Crippen molar-refractivity contribution in [2.45, 2.75) is 19.3 Å². The number of benzene rings is 19. The van der Waals surface area contributed by atoms with Gasteiger partial charge in [0.2, 0.25) is 0 Å². The van der Waals surface area contributed by atoms with Crippen LogP contribution >= 0.6 is 0 Å². The van der Waals surface area contributed by atoms with Crippen molar-refractivity contribution in [2.24, 2.45) is 0 Å². The summed E-state index contributed by atoms with van der Waals surface area (Å²) >= 11 is 0. The summed E-state index contributed by atoms with van der Waals surface area (Å²) in [5.74, 6) is 0. The Bertz CT molecular complexity index is 6850. The van der Waals surface area contributed by atoms with Crippen LogP contribution in [0.25, 0.3) is 181 Å². The van der Waals surface area contributed by atoms with E-state index in [0.717, 1.165) is 78.3 Å². The molecule has 20 aromatic rings. The third kappa shape index (κ3) is 10.7. The van der Waals surface area contributed by atoms with Crippen LogP contribution in [0.15, 0.2) is 400 Å². The molecule has 109 heavy (non-hydrogen) atoms. The van der Waals surface area contributed by atoms with E-state index in [4.69, 9.17) is 0 Å². The molecule has 0 amide bonds. The normalized spacial score (nSPS) is 12.4. The molecule has 1 aromatic heterocycles. The SMILES string of the molecule is CC1(C)c2ccccc2-c2ccc(N(c3ccc(-c4ccccc4)cc3)c3ccc(-c4ccc5c(c4)c4ccccc4n5-c4cc(-c5cc(-c6cccc7ccccc67)cc(-c6cccc7ccccc67)c5)cc(-c5ccc(-c6cccc7ccccc67)c6c(-c7cccc8ccccc78)cccc56)c4)cc3)cc21. The molecule has 0 saturated heterocycles. The van der Waals surface area contributed by atoms with Crippen LogP contribution in [0.2, 0.25) is 0 Å². The van der Waals surface area contributed by atoms with E-state index in [-0.39, 0.29) is 5.41 Å². The number of hydrogen-bond donors (Lipinski definition) is 0. The number of rotatable bonds is 12. The minimum absolute atomic E-state index is 0.154. The first-order chi connectivity index (χ1) is 53.8. The highest BCUT2D eigenvalue weighted by Gasteiger charge is 2.36. The van der Waals surface area contributed by atoms with Crippen LogP contribution in [-0.2, 0) is 5.41 Å². The Morgan fingerprint density at radius 3 is 1.18 bits per heavy atom. The van der Waals surface area contributed by atoms with E-state index in [9.17, 15) is 0 Å². The van der Waals surface area contributed by atoms with Crippen LogP contribution in [0.5, 0.6) is 0 Å². The smallest absolute Gasteiger partial charge is 0.0541 e. The van der Waals surface area contributed by atoms with Crippen LogP contribution < -0.4 is 4.90 Å². The Morgan fingerprint density at radius 1 is 0.202 bits per heavy atom. The third-order valence-electron chi connectivity index (χ3n) is 23.3. The van der Waals surface area contributed by atoms with Gasteiger partial charge in [-0.1, -0.05) is 323 Å². The number of para-hydroxylation sites is 1. The van der Waals surface area contributed by atoms with Crippen LogP contribution in [0.4, 0.5) is 17.1 Å². The predicted molar refractivity (Wildman–Crippen MR) is 464 cm³/mol. The fourth-order valence-corrected chi connectivity index (χ4v) is 18.1. The zero-order chi connectivity index (χ0) is 72.3. The highest BCUT2D eigenvalue weighted by molar-refractivity contribution is 6.18. The second-order valence-corrected chi connectivity index (χ2v) is 29.8. The van der Waals surface area contributed by atoms with E-state index in [1.807, 2.05) is 0 Å². The molecule has 2 nitrogen and oxygen atoms in total. The van der Waals surface area contributed by atoms with Gasteiger partial charge in [-0.25, -0.2) is 0 Å². The predicted octanol–water partition coefficient (Wildman–Crippen LogP) is 29.7. The Kier molecular flexibility index (Phi) is 15.0. The molecule has 1 aliphatic rings. The topological polar surface area (TPSA) is 8.17 Å². The molecule has 0 bridgehead atoms. The van der Waals surface area contributed by atoms with Crippen molar-refractivity contribution in [2.75, 3.05) is 4.90 Å². The summed E-state index contributed by atoms with van der Waals surface area (Å²) in [6.07, 6.45) is 0. The fraction of sp³-hybridized carbons (Fsp3) is 0.0280. The monoisotopic (exact) mass is 1380 g/mol. The first-order valence-electron chi connectivity index (χ1n) is 37.9. The van der Waals surface area contributed by atoms with Gasteiger partial charge in [-0.2, -0.15) is 0 Å². The van der Waals surface area contributed by atoms with E-state index >= 15 is 0 Å². The molecule has 0 aliphatic heterocycles. The number of hydrogen-bond acceptors (Lipinski definition) is 1. The van der Waals surface area contributed by atoms with Crippen molar-refractivity contribution in [1.82, 2.24) is 4.57 Å². The highest BCUT2D eigenvalue weighted by Crippen LogP contribution is 2.52. The van der Waals surface area contributed by atoms with Gasteiger partial charge in [0.1, 0.15) is 0 Å². The lowest BCUT2D eigenvalue weighted by atomic mass is 9.82. The summed E-state index contributed by atoms with van der Waals surface area (Å²) in [6, 6.07) is 150. The Labute approximate surface area is 634 Å². The third-order valence-corrected chi connectivity index (χ3v) is 23.3. The van der Waals surface area contributed by atoms with E-state index in [1.54, 1.807) is 0 Å². The average molecular weight is 1390 g/mol. The highest BCUT2D eigenvalue weighted by atomic mass is 15.1. The van der Waals surface area contributed by atoms with Gasteiger partial charge in [0.05, 0.1) is 11.0 Å². The molecular weight excluding hydrogens is 1310 g/mol. The molecule has 21 rings (SSSR count). The molecule has 19 aromatic carbocycles. The summed E-state index contributed by atoms with van der Waals surface area (Å²) < 4.78 is 2.52. The van der Waals surface area contributed by atoms with Crippen molar-refractivity contribution in [1.29, 1.82) is 0 Å². The molecule has 0 fully saturated rings. The zero-order valence-corrected chi connectivity index (χ0v) is 60.5. The molecule has 510 valence electrons. The summed E-state index contributed by atoms with van der Waals surface area (Å²) in [4.78, 5) is 2.42. The van der Waals surface area contributed by atoms with Crippen LogP contribution in [0.1, 0.15) is 25.0 Å². The molecule has 1 heterocycles. The number of anilines is 3. The number of fused-ring (bicyclic) bond motifs is 11. The van der Waals surface area contributed by atoms with Crippen molar-refractivity contribution in [3.63, 3.8) is 0 Å². The lowest BCUT2D eigenvalue weighted by molar-refractivity contribution is 0.660. The molecule has 0 unspecified atom stereocenters. The molecular formula is C107H72N2. The first kappa shape index (κ1) is 63.5. The van der Waals surface area contributed by atoms with Gasteiger partial charge < -0.3 is 9.47 Å². The quantitative estimate of drug-likeness (QED) is 0.118. The van der Waals surface area contributed by atoms with Gasteiger partial charge in [0.25, 0.3) is 0 Å². The minimum Gasteiger partial charge on any atom is -0.310 e. The number of aromatic nitrogens is 1. The van der Waals surface area contributed by atoms with Crippen LogP contribution in [0.3, 0.4) is 0 Å². The van der Waals surface area contributed by atoms with Crippen molar-refractivity contribution < 1.29 is 0 Å². The Morgan fingerprint density at radius 2 is 0.569 bits per heavy atom. The second kappa shape index (κ2) is 25.7. The molecule has 1 aliphatic carbocycles. The Balaban J connectivity index is 0.762. The van der Waals surface area contributed by atoms with Crippen LogP contribution in [-0.4, -0.2) is 4.57 Å². The Hall–Kier alpha value is -13.9. The molecule has 2 heteroatoms. The van der Waals surface area contributed by atoms with Gasteiger partial charge in [0.15, 0.2) is 0 Å². The zero-order valence-electron chi connectivity index (χ0n) is 60.5. The standard InChI is InChI=1S/C107H72N2/c1-107(2)102-45-16-14-37-95(102)96-57-56-84(68-103(96)107)108(82-52-47-70(48-53-82)69-23-4-3-5-24-69)83-54-49-71(50-55-83)76-51-60-105-101(67-76)97-38-15-17-46-104(97)109(105)85-65-78(77-61-79(90-39-18-29-72-25-6-10-33-86(72)90)64-80(62-77)91-40-19-30-73-26-7-11-34-87(73)91)63-81(66-85)92-58-59-100(94-42-21-32-75-28-9-13-36-89(75)94)106-98(92)43-22-44-99(106)93-41-20-31-74-27-8-12-35-88(74)93/h3-68H,1-2H3. The minimum atomic E-state index is -0.154. The molecule has 0 radical (unpaired) electrons. The molecule has 0 N–H and O–H groups in total. The lowest BCUT2D eigenvalue weighted by Crippen LogP contribution is -2.16. The maximum Gasteiger partial charge on any atom is 0.0541 e. The number of nitrogens with zero attached hydrogens (tertiary/aromatic N) is 2. The fourth-order valence-electron chi connectivity index (χ4n) is 18.1. The van der Waals surface area contributed by atoms with Gasteiger partial charge >= 0.3 is 0 Å². The second-order valence-electron chi connectivity index (χ2n) is 29.8. The summed E-state index contributed by atoms with van der Waals surface area (Å²) in [7, 11) is 0. The van der Waals surface area contributed by atoms with E-state index in [2.05, 4.69) is 424 Å². The van der Waals surface area contributed by atoms with Gasteiger partial charge in [-0.3, -0.25) is 0 Å². The average Bonchev–Trinajstić information content (AvgIpc) is 1.73. The van der Waals surface area contributed by atoms with E-state index in [0.29, 0.717) is 0 Å². The maximum atomic E-state index is 2.52. The maximum absolute atomic E-state index is 2.52. The largest absolute Gasteiger partial charge is 0.310 e. The first-order valence-corrected chi connectivity index (χ1v) is 37.9. The van der Waals surface area contributed by atoms with Crippen molar-refractivity contribution in [3.05, 3.63) is 412 Å². The van der Waals surface area contributed by atoms with Crippen molar-refractivity contribution in [3.8, 4) is 106 Å². The van der Waals surface area contributed by atoms with E-state index < -0.39 is 0 Å². The molecule has 0 saturated carbocycles.